The molecular formula is C17H21BrClN3. The standard InChI is InChI=1S/C17H20BrN3.ClH/c1-13-4-5-15(16(18)9-13)12-21-8-7-20-11-17(21)14-3-2-6-19-10-14;/h2-6,9-10,17,20H,7-8,11-12H2,1H3;1H. The minimum absolute atomic E-state index is 0. The Hall–Kier alpha value is -0.940. The van der Waals surface area contributed by atoms with Crippen LogP contribution in [0.25, 0.3) is 0 Å². The normalized spacial score (nSPS) is 18.7. The van der Waals surface area contributed by atoms with Gasteiger partial charge in [-0.15, -0.1) is 12.4 Å². The SMILES string of the molecule is Cc1ccc(CN2CCNCC2c2cccnc2)c(Br)c1.Cl. The largest absolute Gasteiger partial charge is 0.314 e. The molecule has 3 nitrogen and oxygen atoms in total. The smallest absolute Gasteiger partial charge is 0.0492 e. The lowest BCUT2D eigenvalue weighted by Crippen LogP contribution is -2.45. The fraction of sp³-hybridized carbons (Fsp3) is 0.353. The lowest BCUT2D eigenvalue weighted by molar-refractivity contribution is 0.153. The first-order valence-electron chi connectivity index (χ1n) is 7.34. The Morgan fingerprint density at radius 1 is 1.36 bits per heavy atom. The highest BCUT2D eigenvalue weighted by atomic mass is 79.9. The van der Waals surface area contributed by atoms with Crippen molar-refractivity contribution in [2.75, 3.05) is 19.6 Å². The number of nitrogens with zero attached hydrogens (tertiary/aromatic N) is 2. The summed E-state index contributed by atoms with van der Waals surface area (Å²) in [6.07, 6.45) is 3.81. The van der Waals surface area contributed by atoms with Gasteiger partial charge in [-0.3, -0.25) is 9.88 Å². The maximum absolute atomic E-state index is 4.27. The molecule has 1 saturated heterocycles. The zero-order valence-electron chi connectivity index (χ0n) is 12.6. The van der Waals surface area contributed by atoms with Crippen molar-refractivity contribution in [2.24, 2.45) is 0 Å². The van der Waals surface area contributed by atoms with Crippen LogP contribution in [0.3, 0.4) is 0 Å². The van der Waals surface area contributed by atoms with Crippen LogP contribution in [0.4, 0.5) is 0 Å². The number of nitrogens with one attached hydrogen (secondary N) is 1. The van der Waals surface area contributed by atoms with Gasteiger partial charge < -0.3 is 5.32 Å². The molecule has 0 saturated carbocycles. The summed E-state index contributed by atoms with van der Waals surface area (Å²) in [5, 5.41) is 3.49. The van der Waals surface area contributed by atoms with Gasteiger partial charge in [0.2, 0.25) is 0 Å². The van der Waals surface area contributed by atoms with Gasteiger partial charge in [0.1, 0.15) is 0 Å². The van der Waals surface area contributed by atoms with Crippen LogP contribution in [0, 0.1) is 6.92 Å². The van der Waals surface area contributed by atoms with Gasteiger partial charge in [-0.2, -0.15) is 0 Å². The van der Waals surface area contributed by atoms with Crippen LogP contribution < -0.4 is 5.32 Å². The Kier molecular flexibility index (Phi) is 6.38. The second-order valence-electron chi connectivity index (χ2n) is 5.57. The molecule has 1 aromatic heterocycles. The molecule has 0 radical (unpaired) electrons. The Labute approximate surface area is 146 Å². The number of aryl methyl sites for hydroxylation is 1. The van der Waals surface area contributed by atoms with E-state index in [9.17, 15) is 0 Å². The molecule has 5 heteroatoms. The predicted octanol–water partition coefficient (Wildman–Crippen LogP) is 3.72. The third kappa shape index (κ3) is 4.07. The number of aromatic nitrogens is 1. The van der Waals surface area contributed by atoms with Crippen molar-refractivity contribution in [3.8, 4) is 0 Å². The molecule has 118 valence electrons. The van der Waals surface area contributed by atoms with E-state index in [1.165, 1.54) is 21.2 Å². The van der Waals surface area contributed by atoms with Crippen LogP contribution in [0.15, 0.2) is 47.2 Å². The van der Waals surface area contributed by atoms with Crippen LogP contribution in [0.5, 0.6) is 0 Å². The first kappa shape index (κ1) is 17.4. The highest BCUT2D eigenvalue weighted by molar-refractivity contribution is 9.10. The Bertz CT molecular complexity index is 606. The van der Waals surface area contributed by atoms with Crippen molar-refractivity contribution in [1.82, 2.24) is 15.2 Å². The molecule has 1 atom stereocenters. The molecule has 1 aliphatic heterocycles. The van der Waals surface area contributed by atoms with Crippen molar-refractivity contribution in [1.29, 1.82) is 0 Å². The molecule has 3 rings (SSSR count). The quantitative estimate of drug-likeness (QED) is 0.877. The number of rotatable bonds is 3. The van der Waals surface area contributed by atoms with Gasteiger partial charge in [-0.25, -0.2) is 0 Å². The van der Waals surface area contributed by atoms with Gasteiger partial charge in [0.05, 0.1) is 0 Å². The number of pyridine rings is 1. The molecule has 1 aliphatic rings. The topological polar surface area (TPSA) is 28.2 Å². The van der Waals surface area contributed by atoms with Crippen molar-refractivity contribution in [3.63, 3.8) is 0 Å². The summed E-state index contributed by atoms with van der Waals surface area (Å²) in [6.45, 7) is 6.16. The van der Waals surface area contributed by atoms with E-state index in [0.29, 0.717) is 6.04 Å². The number of halogens is 2. The lowest BCUT2D eigenvalue weighted by atomic mass is 10.0. The fourth-order valence-corrected chi connectivity index (χ4v) is 3.46. The van der Waals surface area contributed by atoms with Gasteiger partial charge in [0.15, 0.2) is 0 Å². The zero-order chi connectivity index (χ0) is 14.7. The summed E-state index contributed by atoms with van der Waals surface area (Å²) < 4.78 is 1.20. The van der Waals surface area contributed by atoms with E-state index in [1.54, 1.807) is 0 Å². The van der Waals surface area contributed by atoms with E-state index < -0.39 is 0 Å². The van der Waals surface area contributed by atoms with Gasteiger partial charge >= 0.3 is 0 Å². The number of hydrogen-bond acceptors (Lipinski definition) is 3. The Balaban J connectivity index is 0.00000176. The highest BCUT2D eigenvalue weighted by Crippen LogP contribution is 2.26. The summed E-state index contributed by atoms with van der Waals surface area (Å²) in [4.78, 5) is 6.80. The summed E-state index contributed by atoms with van der Waals surface area (Å²) in [6, 6.07) is 11.2. The average Bonchev–Trinajstić information content (AvgIpc) is 2.51. The van der Waals surface area contributed by atoms with Crippen molar-refractivity contribution >= 4 is 28.3 Å². The van der Waals surface area contributed by atoms with Crippen LogP contribution in [-0.4, -0.2) is 29.5 Å². The molecule has 2 heterocycles. The molecule has 1 fully saturated rings. The van der Waals surface area contributed by atoms with Crippen LogP contribution in [0.2, 0.25) is 0 Å². The first-order valence-corrected chi connectivity index (χ1v) is 8.13. The van der Waals surface area contributed by atoms with E-state index in [4.69, 9.17) is 0 Å². The van der Waals surface area contributed by atoms with Crippen LogP contribution in [-0.2, 0) is 6.54 Å². The van der Waals surface area contributed by atoms with Crippen LogP contribution in [0.1, 0.15) is 22.7 Å². The van der Waals surface area contributed by atoms with Gasteiger partial charge in [0.25, 0.3) is 0 Å². The Morgan fingerprint density at radius 3 is 2.95 bits per heavy atom. The number of benzene rings is 1. The van der Waals surface area contributed by atoms with E-state index in [1.807, 2.05) is 18.5 Å². The van der Waals surface area contributed by atoms with Crippen LogP contribution >= 0.6 is 28.3 Å². The van der Waals surface area contributed by atoms with E-state index in [0.717, 1.165) is 26.2 Å². The molecule has 1 unspecified atom stereocenters. The molecule has 2 aromatic rings. The Morgan fingerprint density at radius 2 is 2.23 bits per heavy atom. The molecule has 1 aromatic carbocycles. The lowest BCUT2D eigenvalue weighted by Gasteiger charge is -2.36. The molecule has 0 spiro atoms. The van der Waals surface area contributed by atoms with E-state index >= 15 is 0 Å². The summed E-state index contributed by atoms with van der Waals surface area (Å²) >= 11 is 3.70. The summed E-state index contributed by atoms with van der Waals surface area (Å²) in [7, 11) is 0. The zero-order valence-corrected chi connectivity index (χ0v) is 15.0. The van der Waals surface area contributed by atoms with E-state index in [-0.39, 0.29) is 12.4 Å². The fourth-order valence-electron chi connectivity index (χ4n) is 2.84. The number of piperazine rings is 1. The molecular weight excluding hydrogens is 362 g/mol. The maximum Gasteiger partial charge on any atom is 0.0492 e. The molecule has 0 aliphatic carbocycles. The molecule has 1 N–H and O–H groups in total. The maximum atomic E-state index is 4.27. The first-order chi connectivity index (χ1) is 10.2. The predicted molar refractivity (Wildman–Crippen MR) is 96.4 cm³/mol. The monoisotopic (exact) mass is 381 g/mol. The average molecular weight is 383 g/mol. The van der Waals surface area contributed by atoms with Crippen molar-refractivity contribution in [2.45, 2.75) is 19.5 Å². The van der Waals surface area contributed by atoms with Gasteiger partial charge in [-0.1, -0.05) is 34.1 Å². The third-order valence-electron chi connectivity index (χ3n) is 4.01. The summed E-state index contributed by atoms with van der Waals surface area (Å²) in [5.74, 6) is 0. The minimum atomic E-state index is 0. The molecule has 0 amide bonds. The third-order valence-corrected chi connectivity index (χ3v) is 4.74. The van der Waals surface area contributed by atoms with Gasteiger partial charge in [-0.05, 0) is 35.7 Å². The second-order valence-corrected chi connectivity index (χ2v) is 6.43. The highest BCUT2D eigenvalue weighted by Gasteiger charge is 2.24. The molecule has 22 heavy (non-hydrogen) atoms. The van der Waals surface area contributed by atoms with Gasteiger partial charge in [0, 0.05) is 49.1 Å². The van der Waals surface area contributed by atoms with Crippen molar-refractivity contribution in [3.05, 3.63) is 63.9 Å². The van der Waals surface area contributed by atoms with E-state index in [2.05, 4.69) is 62.3 Å². The number of hydrogen-bond donors (Lipinski definition) is 1. The minimum Gasteiger partial charge on any atom is -0.314 e. The van der Waals surface area contributed by atoms with Crippen molar-refractivity contribution < 1.29 is 0 Å². The summed E-state index contributed by atoms with van der Waals surface area (Å²) in [5.41, 5.74) is 3.92. The second kappa shape index (κ2) is 8.06. The molecule has 0 bridgehead atoms.